The van der Waals surface area contributed by atoms with Crippen molar-refractivity contribution in [2.24, 2.45) is 0 Å². The van der Waals surface area contributed by atoms with Crippen molar-refractivity contribution in [2.45, 2.75) is 45.1 Å². The highest BCUT2D eigenvalue weighted by molar-refractivity contribution is 5.88. The van der Waals surface area contributed by atoms with Gasteiger partial charge in [0.2, 0.25) is 11.6 Å². The molecule has 2 aliphatic heterocycles. The molecule has 0 bridgehead atoms. The smallest absolute Gasteiger partial charge is 0.449 e. The van der Waals surface area contributed by atoms with Crippen LogP contribution in [0.25, 0.3) is 0 Å². The lowest BCUT2D eigenvalue weighted by molar-refractivity contribution is -0.148. The zero-order valence-electron chi connectivity index (χ0n) is 16.8. The number of aliphatic hydroxyl groups excluding tert-OH is 1. The fourth-order valence-electron chi connectivity index (χ4n) is 3.50. The van der Waals surface area contributed by atoms with Crippen molar-refractivity contribution in [1.29, 1.82) is 0 Å². The molecule has 9 nitrogen and oxygen atoms in total. The monoisotopic (exact) mass is 470 g/mol. The van der Waals surface area contributed by atoms with E-state index in [0.717, 1.165) is 16.2 Å². The molecule has 15 heteroatoms. The zero-order valence-corrected chi connectivity index (χ0v) is 16.8. The number of imidazole rings is 2. The summed E-state index contributed by atoms with van der Waals surface area (Å²) in [5.74, 6) is -2.81. The van der Waals surface area contributed by atoms with Gasteiger partial charge in [0.15, 0.2) is 5.69 Å². The van der Waals surface area contributed by atoms with E-state index in [0.29, 0.717) is 25.3 Å². The standard InChI is InChI=1S/C9H10F3N3O2.C8H10F3N3O/c1-17-7(16)6-5-4-13-2-3-15(5)8(14-6)9(10,11)12;9-8(10,11)7-13-5(4-15)6-3-12-1-2-14(6)7/h13H,2-4H2,1H3;12,15H,1-4H2. The Morgan fingerprint density at radius 1 is 0.969 bits per heavy atom. The summed E-state index contributed by atoms with van der Waals surface area (Å²) in [5.41, 5.74) is 0.480. The number of esters is 1. The second kappa shape index (κ2) is 9.07. The van der Waals surface area contributed by atoms with Gasteiger partial charge >= 0.3 is 18.3 Å². The third kappa shape index (κ3) is 4.73. The normalized spacial score (nSPS) is 16.0. The number of aromatic nitrogens is 4. The summed E-state index contributed by atoms with van der Waals surface area (Å²) in [6.45, 7) is 1.29. The van der Waals surface area contributed by atoms with Crippen molar-refractivity contribution in [3.63, 3.8) is 0 Å². The first-order valence-electron chi connectivity index (χ1n) is 9.41. The van der Waals surface area contributed by atoms with E-state index in [2.05, 4.69) is 25.3 Å². The van der Waals surface area contributed by atoms with Crippen LogP contribution >= 0.6 is 0 Å². The molecule has 4 heterocycles. The lowest BCUT2D eigenvalue weighted by Gasteiger charge is -2.19. The van der Waals surface area contributed by atoms with Gasteiger partial charge in [-0.15, -0.1) is 0 Å². The van der Waals surface area contributed by atoms with E-state index in [1.165, 1.54) is 0 Å². The largest absolute Gasteiger partial charge is 0.464 e. The Labute approximate surface area is 177 Å². The number of aliphatic hydroxyl groups is 1. The second-order valence-corrected chi connectivity index (χ2v) is 6.86. The van der Waals surface area contributed by atoms with Crippen LogP contribution in [0.2, 0.25) is 0 Å². The van der Waals surface area contributed by atoms with Crippen LogP contribution in [0.5, 0.6) is 0 Å². The van der Waals surface area contributed by atoms with Crippen molar-refractivity contribution >= 4 is 5.97 Å². The maximum atomic E-state index is 12.7. The Hall–Kier alpha value is -2.65. The fraction of sp³-hybridized carbons (Fsp3) is 0.588. The van der Waals surface area contributed by atoms with Gasteiger partial charge in [0, 0.05) is 39.3 Å². The highest BCUT2D eigenvalue weighted by Gasteiger charge is 2.41. The van der Waals surface area contributed by atoms with Crippen LogP contribution in [-0.2, 0) is 49.9 Å². The molecule has 2 aromatic rings. The highest BCUT2D eigenvalue weighted by Crippen LogP contribution is 2.32. The number of methoxy groups -OCH3 is 1. The van der Waals surface area contributed by atoms with Crippen molar-refractivity contribution in [2.75, 3.05) is 20.2 Å². The number of hydrogen-bond donors (Lipinski definition) is 3. The van der Waals surface area contributed by atoms with Gasteiger partial charge in [-0.05, 0) is 0 Å². The van der Waals surface area contributed by atoms with Crippen LogP contribution in [0.15, 0.2) is 0 Å². The van der Waals surface area contributed by atoms with Crippen molar-refractivity contribution in [1.82, 2.24) is 29.7 Å². The van der Waals surface area contributed by atoms with Gasteiger partial charge in [0.1, 0.15) is 0 Å². The van der Waals surface area contributed by atoms with Gasteiger partial charge in [-0.25, -0.2) is 14.8 Å². The van der Waals surface area contributed by atoms with E-state index in [9.17, 15) is 31.1 Å². The van der Waals surface area contributed by atoms with Crippen LogP contribution in [0.3, 0.4) is 0 Å². The first-order valence-corrected chi connectivity index (χ1v) is 9.41. The van der Waals surface area contributed by atoms with Crippen LogP contribution in [0.4, 0.5) is 26.3 Å². The van der Waals surface area contributed by atoms with Crippen LogP contribution in [-0.4, -0.2) is 50.4 Å². The van der Waals surface area contributed by atoms with Crippen molar-refractivity contribution in [3.05, 3.63) is 34.4 Å². The first kappa shape index (κ1) is 24.0. The number of rotatable bonds is 2. The molecule has 2 aliphatic rings. The number of halogens is 6. The average molecular weight is 470 g/mol. The van der Waals surface area contributed by atoms with Crippen LogP contribution in [0, 0.1) is 0 Å². The highest BCUT2D eigenvalue weighted by atomic mass is 19.4. The molecule has 0 amide bonds. The van der Waals surface area contributed by atoms with Gasteiger partial charge in [0.25, 0.3) is 0 Å². The maximum absolute atomic E-state index is 12.7. The van der Waals surface area contributed by atoms with E-state index >= 15 is 0 Å². The molecule has 2 aromatic heterocycles. The number of alkyl halides is 6. The average Bonchev–Trinajstić information content (AvgIpc) is 3.32. The Bertz CT molecular complexity index is 981. The maximum Gasteiger partial charge on any atom is 0.449 e. The fourth-order valence-corrected chi connectivity index (χ4v) is 3.50. The van der Waals surface area contributed by atoms with E-state index in [-0.39, 0.29) is 36.7 Å². The molecule has 0 aliphatic carbocycles. The summed E-state index contributed by atoms with van der Waals surface area (Å²) >= 11 is 0. The molecule has 0 atom stereocenters. The molecule has 178 valence electrons. The number of carbonyl (C=O) groups excluding carboxylic acids is 1. The molecule has 0 aromatic carbocycles. The van der Waals surface area contributed by atoms with E-state index < -0.39 is 36.6 Å². The lowest BCUT2D eigenvalue weighted by atomic mass is 10.2. The SMILES string of the molecule is COC(=O)c1nc(C(F)(F)F)n2c1CNCC2.OCc1nc(C(F)(F)F)n2c1CNCC2. The Morgan fingerprint density at radius 3 is 1.97 bits per heavy atom. The number of nitrogens with one attached hydrogen (secondary N) is 2. The molecular weight excluding hydrogens is 450 g/mol. The minimum absolute atomic E-state index is 0.106. The third-order valence-electron chi connectivity index (χ3n) is 4.87. The van der Waals surface area contributed by atoms with Crippen LogP contribution in [0.1, 0.15) is 39.2 Å². The van der Waals surface area contributed by atoms with Gasteiger partial charge < -0.3 is 29.6 Å². The molecule has 0 fully saturated rings. The zero-order chi connectivity index (χ0) is 23.7. The molecule has 4 rings (SSSR count). The number of nitrogens with zero attached hydrogens (tertiary/aromatic N) is 4. The third-order valence-corrected chi connectivity index (χ3v) is 4.87. The molecule has 32 heavy (non-hydrogen) atoms. The summed E-state index contributed by atoms with van der Waals surface area (Å²) < 4.78 is 82.3. The molecule has 0 spiro atoms. The summed E-state index contributed by atoms with van der Waals surface area (Å²) in [7, 11) is 1.11. The van der Waals surface area contributed by atoms with Gasteiger partial charge in [-0.2, -0.15) is 26.3 Å². The van der Waals surface area contributed by atoms with Crippen molar-refractivity contribution in [3.8, 4) is 0 Å². The minimum Gasteiger partial charge on any atom is -0.464 e. The van der Waals surface area contributed by atoms with E-state index in [1.54, 1.807) is 0 Å². The minimum atomic E-state index is -4.57. The van der Waals surface area contributed by atoms with Gasteiger partial charge in [-0.3, -0.25) is 0 Å². The molecular formula is C17H20F6N6O3. The summed E-state index contributed by atoms with van der Waals surface area (Å²) in [6, 6.07) is 0. The summed E-state index contributed by atoms with van der Waals surface area (Å²) in [5, 5.41) is 14.7. The summed E-state index contributed by atoms with van der Waals surface area (Å²) in [6.07, 6.45) is -9.03. The van der Waals surface area contributed by atoms with Crippen LogP contribution < -0.4 is 10.6 Å². The Morgan fingerprint density at radius 2 is 1.47 bits per heavy atom. The molecule has 0 saturated carbocycles. The number of ether oxygens (including phenoxy) is 1. The Kier molecular flexibility index (Phi) is 6.80. The number of fused-ring (bicyclic) bond motifs is 2. The topological polar surface area (TPSA) is 106 Å². The lowest BCUT2D eigenvalue weighted by Crippen LogP contribution is -2.31. The molecule has 3 N–H and O–H groups in total. The quantitative estimate of drug-likeness (QED) is 0.449. The van der Waals surface area contributed by atoms with Gasteiger partial charge in [0.05, 0.1) is 30.8 Å². The van der Waals surface area contributed by atoms with E-state index in [4.69, 9.17) is 5.11 Å². The second-order valence-electron chi connectivity index (χ2n) is 6.86. The predicted octanol–water partition coefficient (Wildman–Crippen LogP) is 1.29. The van der Waals surface area contributed by atoms with Crippen molar-refractivity contribution < 1.29 is 41.0 Å². The molecule has 0 radical (unpaired) electrons. The predicted molar refractivity (Wildman–Crippen MR) is 95.1 cm³/mol. The molecule has 0 saturated heterocycles. The Balaban J connectivity index is 0.000000182. The first-order chi connectivity index (χ1) is 15.0. The number of hydrogen-bond acceptors (Lipinski definition) is 7. The number of carbonyl (C=O) groups is 1. The van der Waals surface area contributed by atoms with E-state index in [1.807, 2.05) is 0 Å². The summed E-state index contributed by atoms with van der Waals surface area (Å²) in [4.78, 5) is 18.1. The molecule has 0 unspecified atom stereocenters. The van der Waals surface area contributed by atoms with Gasteiger partial charge in [-0.1, -0.05) is 0 Å².